The summed E-state index contributed by atoms with van der Waals surface area (Å²) in [4.78, 5) is 24.7. The van der Waals surface area contributed by atoms with Gasteiger partial charge < -0.3 is 9.47 Å². The Labute approximate surface area is 141 Å². The molecule has 3 rings (SSSR count). The first-order valence-corrected chi connectivity index (χ1v) is 8.55. The first kappa shape index (κ1) is 17.0. The lowest BCUT2D eigenvalue weighted by atomic mass is 10.1. The Morgan fingerprint density at radius 3 is 2.54 bits per heavy atom. The van der Waals surface area contributed by atoms with Crippen LogP contribution in [0.15, 0.2) is 10.9 Å². The number of nitrogens with zero attached hydrogens (tertiary/aromatic N) is 2. The molecule has 1 amide bonds. The number of rotatable bonds is 3. The van der Waals surface area contributed by atoms with Gasteiger partial charge in [-0.25, -0.2) is 9.48 Å². The van der Waals surface area contributed by atoms with Crippen LogP contribution in [0.25, 0.3) is 0 Å². The Morgan fingerprint density at radius 2 is 1.96 bits per heavy atom. The van der Waals surface area contributed by atoms with Crippen LogP contribution in [-0.2, 0) is 9.47 Å². The highest BCUT2D eigenvalue weighted by atomic mass is 16.6. The van der Waals surface area contributed by atoms with Crippen molar-refractivity contribution in [2.24, 2.45) is 0 Å². The highest BCUT2D eigenvalue weighted by molar-refractivity contribution is 5.83. The van der Waals surface area contributed by atoms with E-state index in [2.05, 4.69) is 10.4 Å². The fourth-order valence-corrected chi connectivity index (χ4v) is 2.86. The van der Waals surface area contributed by atoms with Crippen molar-refractivity contribution in [2.75, 3.05) is 18.5 Å². The zero-order chi connectivity index (χ0) is 17.3. The molecule has 7 heteroatoms. The second-order valence-corrected chi connectivity index (χ2v) is 7.48. The van der Waals surface area contributed by atoms with Gasteiger partial charge in [0.05, 0.1) is 6.04 Å². The summed E-state index contributed by atoms with van der Waals surface area (Å²) in [5.41, 5.74) is 0.111. The van der Waals surface area contributed by atoms with E-state index in [4.69, 9.17) is 9.47 Å². The summed E-state index contributed by atoms with van der Waals surface area (Å²) in [5.74, 6) is 0.656. The highest BCUT2D eigenvalue weighted by Gasteiger charge is 2.30. The zero-order valence-corrected chi connectivity index (χ0v) is 14.5. The Hall–Kier alpha value is -1.89. The van der Waals surface area contributed by atoms with E-state index in [0.717, 1.165) is 31.2 Å². The van der Waals surface area contributed by atoms with Crippen molar-refractivity contribution in [3.05, 3.63) is 22.0 Å². The number of anilines is 1. The molecule has 2 fully saturated rings. The normalized spacial score (nSPS) is 19.1. The number of carbonyl (C=O) groups is 1. The Kier molecular flexibility index (Phi) is 4.62. The lowest BCUT2D eigenvalue weighted by Gasteiger charge is -2.24. The maximum absolute atomic E-state index is 12.7. The summed E-state index contributed by atoms with van der Waals surface area (Å²) in [6, 6.07) is 1.71. The third kappa shape index (κ3) is 4.14. The lowest BCUT2D eigenvalue weighted by molar-refractivity contribution is 0.0623. The van der Waals surface area contributed by atoms with Gasteiger partial charge >= 0.3 is 6.09 Å². The average molecular weight is 335 g/mol. The van der Waals surface area contributed by atoms with E-state index in [0.29, 0.717) is 19.0 Å². The molecule has 0 atom stereocenters. The van der Waals surface area contributed by atoms with Crippen molar-refractivity contribution in [3.8, 4) is 0 Å². The average Bonchev–Trinajstić information content (AvgIpc) is 3.32. The quantitative estimate of drug-likeness (QED) is 0.918. The van der Waals surface area contributed by atoms with Gasteiger partial charge in [-0.3, -0.25) is 10.1 Å². The second-order valence-electron chi connectivity index (χ2n) is 7.48. The van der Waals surface area contributed by atoms with E-state index in [1.165, 1.54) is 4.68 Å². The minimum absolute atomic E-state index is 0.0177. The maximum atomic E-state index is 12.7. The van der Waals surface area contributed by atoms with Crippen LogP contribution in [0.3, 0.4) is 0 Å². The van der Waals surface area contributed by atoms with Crippen molar-refractivity contribution in [1.82, 2.24) is 9.78 Å². The molecule has 1 aromatic rings. The maximum Gasteiger partial charge on any atom is 0.413 e. The Balaban J connectivity index is 1.87. The van der Waals surface area contributed by atoms with Crippen molar-refractivity contribution >= 4 is 11.9 Å². The summed E-state index contributed by atoms with van der Waals surface area (Å²) in [5, 5.41) is 7.04. The van der Waals surface area contributed by atoms with Crippen LogP contribution in [0.2, 0.25) is 0 Å². The van der Waals surface area contributed by atoms with E-state index in [1.807, 2.05) is 0 Å². The summed E-state index contributed by atoms with van der Waals surface area (Å²) in [6.45, 7) is 6.66. The van der Waals surface area contributed by atoms with Crippen LogP contribution in [0.5, 0.6) is 0 Å². The van der Waals surface area contributed by atoms with Crippen molar-refractivity contribution < 1.29 is 14.3 Å². The minimum atomic E-state index is -0.585. The fourth-order valence-electron chi connectivity index (χ4n) is 2.86. The number of hydrogen-bond donors (Lipinski definition) is 1. The first-order valence-electron chi connectivity index (χ1n) is 8.55. The fraction of sp³-hybridized carbons (Fsp3) is 0.706. The molecule has 1 aliphatic carbocycles. The molecule has 1 N–H and O–H groups in total. The van der Waals surface area contributed by atoms with Gasteiger partial charge in [-0.05, 0) is 58.4 Å². The Bertz CT molecular complexity index is 667. The van der Waals surface area contributed by atoms with E-state index in [1.54, 1.807) is 26.8 Å². The molecule has 0 radical (unpaired) electrons. The van der Waals surface area contributed by atoms with Gasteiger partial charge in [-0.1, -0.05) is 0 Å². The Morgan fingerprint density at radius 1 is 1.29 bits per heavy atom. The van der Waals surface area contributed by atoms with Crippen molar-refractivity contribution in [2.45, 2.75) is 64.0 Å². The number of nitrogens with one attached hydrogen (secondary N) is 1. The molecule has 24 heavy (non-hydrogen) atoms. The zero-order valence-electron chi connectivity index (χ0n) is 14.5. The van der Waals surface area contributed by atoms with Gasteiger partial charge in [0.2, 0.25) is 0 Å². The van der Waals surface area contributed by atoms with E-state index < -0.39 is 11.7 Å². The third-order valence-electron chi connectivity index (χ3n) is 4.15. The lowest BCUT2D eigenvalue weighted by Crippen LogP contribution is -2.34. The summed E-state index contributed by atoms with van der Waals surface area (Å²) in [7, 11) is 0. The predicted molar refractivity (Wildman–Crippen MR) is 89.4 cm³/mol. The molecule has 2 heterocycles. The molecule has 1 saturated carbocycles. The van der Waals surface area contributed by atoms with Crippen molar-refractivity contribution in [1.29, 1.82) is 0 Å². The molecular formula is C17H25N3O4. The van der Waals surface area contributed by atoms with Gasteiger partial charge in [0.25, 0.3) is 5.56 Å². The minimum Gasteiger partial charge on any atom is -0.444 e. The second kappa shape index (κ2) is 6.55. The van der Waals surface area contributed by atoms with Crippen LogP contribution in [0.1, 0.15) is 64.0 Å². The van der Waals surface area contributed by atoms with E-state index in [-0.39, 0.29) is 17.5 Å². The van der Waals surface area contributed by atoms with Crippen LogP contribution in [0, 0.1) is 0 Å². The largest absolute Gasteiger partial charge is 0.444 e. The van der Waals surface area contributed by atoms with Gasteiger partial charge in [0, 0.05) is 18.8 Å². The molecule has 0 spiro atoms. The molecule has 2 aliphatic rings. The van der Waals surface area contributed by atoms with Crippen LogP contribution < -0.4 is 10.9 Å². The van der Waals surface area contributed by atoms with Crippen LogP contribution in [0.4, 0.5) is 10.6 Å². The summed E-state index contributed by atoms with van der Waals surface area (Å²) < 4.78 is 12.2. The molecule has 0 aromatic carbocycles. The standard InChI is InChI=1S/C17H25N3O4/c1-17(2,3)24-16(22)18-14-10-13(11-4-5-11)15(21)20(19-14)12-6-8-23-9-7-12/h10-12H,4-9H2,1-3H3,(H,18,19,22). The van der Waals surface area contributed by atoms with Gasteiger partial charge in [-0.2, -0.15) is 5.10 Å². The molecule has 1 aromatic heterocycles. The van der Waals surface area contributed by atoms with Crippen molar-refractivity contribution in [3.63, 3.8) is 0 Å². The monoisotopic (exact) mass is 335 g/mol. The molecule has 0 bridgehead atoms. The van der Waals surface area contributed by atoms with E-state index >= 15 is 0 Å². The third-order valence-corrected chi connectivity index (χ3v) is 4.15. The molecule has 1 aliphatic heterocycles. The van der Waals surface area contributed by atoms with Gasteiger partial charge in [-0.15, -0.1) is 0 Å². The molecule has 7 nitrogen and oxygen atoms in total. The number of ether oxygens (including phenoxy) is 2. The number of hydrogen-bond acceptors (Lipinski definition) is 5. The smallest absolute Gasteiger partial charge is 0.413 e. The van der Waals surface area contributed by atoms with E-state index in [9.17, 15) is 9.59 Å². The molecule has 1 saturated heterocycles. The molecular weight excluding hydrogens is 310 g/mol. The topological polar surface area (TPSA) is 82.5 Å². The number of amides is 1. The van der Waals surface area contributed by atoms with Crippen LogP contribution in [-0.4, -0.2) is 34.7 Å². The van der Waals surface area contributed by atoms with Crippen LogP contribution >= 0.6 is 0 Å². The van der Waals surface area contributed by atoms with Gasteiger partial charge in [0.15, 0.2) is 5.82 Å². The molecule has 132 valence electrons. The summed E-state index contributed by atoms with van der Waals surface area (Å²) in [6.07, 6.45) is 2.98. The molecule has 0 unspecified atom stereocenters. The SMILES string of the molecule is CC(C)(C)OC(=O)Nc1cc(C2CC2)c(=O)n(C2CCOCC2)n1. The summed E-state index contributed by atoms with van der Waals surface area (Å²) >= 11 is 0. The highest BCUT2D eigenvalue weighted by Crippen LogP contribution is 2.39. The first-order chi connectivity index (χ1) is 11.3. The number of carbonyl (C=O) groups excluding carboxylic acids is 1. The predicted octanol–water partition coefficient (Wildman–Crippen LogP) is 2.82. The van der Waals surface area contributed by atoms with Gasteiger partial charge in [0.1, 0.15) is 5.60 Å². The number of aromatic nitrogens is 2.